The average Bonchev–Trinajstić information content (AvgIpc) is 3.25. The van der Waals surface area contributed by atoms with Crippen LogP contribution in [0.1, 0.15) is 0 Å². The topological polar surface area (TPSA) is 55.9 Å². The minimum absolute atomic E-state index is 0.551. The smallest absolute Gasteiger partial charge is 0.187 e. The zero-order chi connectivity index (χ0) is 36.0. The summed E-state index contributed by atoms with van der Waals surface area (Å²) in [4.78, 5) is 20.8. The highest BCUT2D eigenvalue weighted by molar-refractivity contribution is 6.23. The number of pyridine rings is 1. The zero-order valence-corrected chi connectivity index (χ0v) is 29.0. The van der Waals surface area contributed by atoms with Crippen molar-refractivity contribution in [1.29, 1.82) is 0 Å². The Hall–Kier alpha value is -7.55. The molecule has 0 amide bonds. The van der Waals surface area contributed by atoms with Gasteiger partial charge in [0, 0.05) is 11.8 Å². The summed E-state index contributed by atoms with van der Waals surface area (Å²) in [7, 11) is 0. The van der Waals surface area contributed by atoms with Crippen molar-refractivity contribution in [1.82, 2.24) is 19.9 Å². The van der Waals surface area contributed by atoms with Crippen molar-refractivity contribution in [2.75, 3.05) is 0 Å². The molecule has 2 aromatic heterocycles. The van der Waals surface area contributed by atoms with E-state index in [2.05, 4.69) is 164 Å². The predicted octanol–water partition coefficient (Wildman–Crippen LogP) is 12.8. The summed E-state index contributed by atoms with van der Waals surface area (Å²) in [5.41, 5.74) is 10.2. The Balaban J connectivity index is 1.17. The Kier molecular flexibility index (Phi) is 7.45. The number of benzene rings is 8. The van der Waals surface area contributed by atoms with Crippen molar-refractivity contribution in [2.24, 2.45) is 0 Å². The molecule has 0 aliphatic rings. The van der Waals surface area contributed by atoms with E-state index in [0.29, 0.717) is 17.2 Å². The fourth-order valence-electron chi connectivity index (χ4n) is 7.70. The molecule has 10 rings (SSSR count). The van der Waals surface area contributed by atoms with E-state index >= 15 is 0 Å². The van der Waals surface area contributed by atoms with Crippen molar-refractivity contribution in [3.05, 3.63) is 188 Å². The van der Waals surface area contributed by atoms with Gasteiger partial charge in [0.1, 0.15) is 18.3 Å². The van der Waals surface area contributed by atoms with Gasteiger partial charge in [0.25, 0.3) is 0 Å². The normalized spacial score (nSPS) is 11.3. The lowest BCUT2D eigenvalue weighted by Gasteiger charge is -2.20. The lowest BCUT2D eigenvalue weighted by molar-refractivity contribution is 1.04. The maximum absolute atomic E-state index is 7.93. The fraction of sp³-hybridized carbons (Fsp3) is 0. The van der Waals surface area contributed by atoms with Gasteiger partial charge in [-0.05, 0) is 112 Å². The molecule has 0 saturated heterocycles. The molecule has 54 heavy (non-hydrogen) atoms. The lowest BCUT2D eigenvalue weighted by atomic mass is 9.84. The quantitative estimate of drug-likeness (QED) is 0.133. The van der Waals surface area contributed by atoms with E-state index in [9.17, 15) is 0 Å². The highest BCUT2D eigenvalue weighted by atomic mass is 15.0. The van der Waals surface area contributed by atoms with E-state index in [-0.39, 0.29) is 0 Å². The first-order chi connectivity index (χ1) is 26.7. The highest BCUT2D eigenvalue weighted by Crippen LogP contribution is 2.46. The van der Waals surface area contributed by atoms with Crippen molar-refractivity contribution in [3.8, 4) is 56.0 Å². The second-order valence-electron chi connectivity index (χ2n) is 13.4. The lowest BCUT2D eigenvalue weighted by Crippen LogP contribution is -1.92. The van der Waals surface area contributed by atoms with Gasteiger partial charge in [-0.2, -0.15) is 0 Å². The van der Waals surface area contributed by atoms with Crippen LogP contribution in [-0.4, -0.2) is 19.9 Å². The molecule has 2 heterocycles. The molecule has 0 saturated carbocycles. The maximum Gasteiger partial charge on any atom is 0.187 e. The maximum atomic E-state index is 7.93. The molecule has 0 radical (unpaired) electrons. The van der Waals surface area contributed by atoms with Crippen LogP contribution in [-0.2, 0) is 0 Å². The fourth-order valence-corrected chi connectivity index (χ4v) is 7.70. The molecule has 10 aromatic rings. The van der Waals surface area contributed by atoms with Crippen LogP contribution in [0.15, 0.2) is 177 Å². The molecule has 0 aliphatic heterocycles. The van der Waals surface area contributed by atoms with Gasteiger partial charge in [-0.1, -0.05) is 127 Å². The highest BCUT2D eigenvalue weighted by Gasteiger charge is 2.19. The van der Waals surface area contributed by atoms with E-state index in [1.807, 2.05) is 24.4 Å². The van der Waals surface area contributed by atoms with E-state index in [1.54, 1.807) is 0 Å². The predicted molar refractivity (Wildman–Crippen MR) is 221 cm³/mol. The van der Waals surface area contributed by atoms with Gasteiger partial charge in [-0.25, -0.2) is 19.8 Å². The van der Waals surface area contributed by atoms with Crippen LogP contribution < -0.4 is 0 Å². The molecule has 0 unspecified atom stereocenters. The van der Waals surface area contributed by atoms with E-state index in [4.69, 9.17) is 6.57 Å². The molecule has 250 valence electrons. The molecular weight excluding hydrogens is 659 g/mol. The van der Waals surface area contributed by atoms with Crippen LogP contribution in [0.3, 0.4) is 0 Å². The molecule has 5 nitrogen and oxygen atoms in total. The van der Waals surface area contributed by atoms with Crippen molar-refractivity contribution < 1.29 is 0 Å². The van der Waals surface area contributed by atoms with Crippen LogP contribution in [0, 0.1) is 6.57 Å². The number of nitrogens with zero attached hydrogens (tertiary/aromatic N) is 5. The van der Waals surface area contributed by atoms with Gasteiger partial charge >= 0.3 is 0 Å². The largest absolute Gasteiger partial charge is 0.252 e. The van der Waals surface area contributed by atoms with Crippen molar-refractivity contribution in [3.63, 3.8) is 0 Å². The third-order valence-corrected chi connectivity index (χ3v) is 10.3. The number of aromatic nitrogens is 4. The first kappa shape index (κ1) is 31.2. The van der Waals surface area contributed by atoms with Crippen LogP contribution in [0.5, 0.6) is 0 Å². The molecule has 8 aromatic carbocycles. The van der Waals surface area contributed by atoms with Gasteiger partial charge in [-0.15, -0.1) is 0 Å². The summed E-state index contributed by atoms with van der Waals surface area (Å²) >= 11 is 0. The molecule has 0 fully saturated rings. The Morgan fingerprint density at radius 3 is 1.50 bits per heavy atom. The summed E-state index contributed by atoms with van der Waals surface area (Å²) in [6.07, 6.45) is 4.82. The monoisotopic (exact) mass is 687 g/mol. The van der Waals surface area contributed by atoms with Crippen molar-refractivity contribution in [2.45, 2.75) is 0 Å². The molecule has 0 N–H and O–H groups in total. The Bertz CT molecular complexity index is 3090. The Labute approximate surface area is 311 Å². The van der Waals surface area contributed by atoms with E-state index in [1.165, 1.54) is 34.2 Å². The molecule has 0 bridgehead atoms. The number of hydrogen-bond acceptors (Lipinski definition) is 4. The summed E-state index contributed by atoms with van der Waals surface area (Å²) in [5, 5.41) is 9.28. The molecule has 0 aliphatic carbocycles. The first-order valence-electron chi connectivity index (χ1n) is 17.8. The number of hydrogen-bond donors (Lipinski definition) is 0. The minimum atomic E-state index is 0.551. The van der Waals surface area contributed by atoms with Crippen LogP contribution in [0.25, 0.3) is 104 Å². The second-order valence-corrected chi connectivity index (χ2v) is 13.4. The van der Waals surface area contributed by atoms with Gasteiger partial charge in [-0.3, -0.25) is 4.98 Å². The average molecular weight is 688 g/mol. The molecule has 0 spiro atoms. The van der Waals surface area contributed by atoms with Crippen LogP contribution in [0.2, 0.25) is 0 Å². The van der Waals surface area contributed by atoms with E-state index in [0.717, 1.165) is 66.1 Å². The summed E-state index contributed by atoms with van der Waals surface area (Å²) in [6.45, 7) is 7.93. The zero-order valence-electron chi connectivity index (χ0n) is 29.0. The van der Waals surface area contributed by atoms with Gasteiger partial charge < -0.3 is 0 Å². The molecule has 5 heteroatoms. The SMILES string of the molecule is [C-]#[N+]c1ccc2c(-c3ccc4ccccc4c3)c3cc(-c4ccc(-c5ccc(-c6ncncn6)nc5)cc4)ccc3c(-c3ccc4ccccc4c3)c2c1. The molecular formula is C49H29N5. The second kappa shape index (κ2) is 12.9. The number of rotatable bonds is 5. The summed E-state index contributed by atoms with van der Waals surface area (Å²) in [5.74, 6) is 0.551. The number of fused-ring (bicyclic) bond motifs is 4. The molecule has 0 atom stereocenters. The first-order valence-corrected chi connectivity index (χ1v) is 17.8. The third-order valence-electron chi connectivity index (χ3n) is 10.3. The van der Waals surface area contributed by atoms with Gasteiger partial charge in [0.15, 0.2) is 11.5 Å². The Morgan fingerprint density at radius 1 is 0.389 bits per heavy atom. The van der Waals surface area contributed by atoms with Crippen LogP contribution in [0.4, 0.5) is 5.69 Å². The summed E-state index contributed by atoms with van der Waals surface area (Å²) < 4.78 is 0. The summed E-state index contributed by atoms with van der Waals surface area (Å²) in [6, 6.07) is 56.0. The third kappa shape index (κ3) is 5.42. The van der Waals surface area contributed by atoms with Gasteiger partial charge in [0.2, 0.25) is 0 Å². The standard InChI is InChI=1S/C49H29N5/c1-50-41-20-22-43-45(27-41)48(39-17-15-32-7-3-5-9-36(32)25-39)42-21-18-37(26-44(42)47(43)38-16-14-31-6-2-4-8-35(31)24-38)33-10-12-34(13-11-33)40-19-23-46(52-28-40)49-53-29-51-30-54-49/h2-30H. The van der Waals surface area contributed by atoms with Crippen molar-refractivity contribution >= 4 is 48.8 Å². The van der Waals surface area contributed by atoms with Gasteiger partial charge in [0.05, 0.1) is 6.57 Å². The Morgan fingerprint density at radius 2 is 0.907 bits per heavy atom. The van der Waals surface area contributed by atoms with Crippen LogP contribution >= 0.6 is 0 Å². The minimum Gasteiger partial charge on any atom is -0.252 e. The van der Waals surface area contributed by atoms with E-state index < -0.39 is 0 Å².